The van der Waals surface area contributed by atoms with E-state index in [9.17, 15) is 0 Å². The molecule has 2 heterocycles. The molecule has 0 radical (unpaired) electrons. The molecular weight excluding hydrogens is 767 g/mol. The molecule has 0 atom stereocenters. The van der Waals surface area contributed by atoms with Gasteiger partial charge >= 0.3 is 0 Å². The Hall–Kier alpha value is -8.40. The summed E-state index contributed by atoms with van der Waals surface area (Å²) in [5.74, 6) is 0. The molecule has 0 spiro atoms. The van der Waals surface area contributed by atoms with Gasteiger partial charge in [-0.05, 0) is 111 Å². The Bertz CT molecular complexity index is 3470. The quantitative estimate of drug-likeness (QED) is 0.153. The van der Waals surface area contributed by atoms with Gasteiger partial charge in [0.2, 0.25) is 0 Å². The van der Waals surface area contributed by atoms with E-state index in [2.05, 4.69) is 223 Å². The molecule has 0 aliphatic rings. The number of benzene rings is 10. The number of furan rings is 2. The van der Waals surface area contributed by atoms with Gasteiger partial charge in [-0.15, -0.1) is 0 Å². The third kappa shape index (κ3) is 6.46. The minimum Gasteiger partial charge on any atom is -0.456 e. The van der Waals surface area contributed by atoms with Crippen molar-refractivity contribution in [3.8, 4) is 55.6 Å². The highest BCUT2D eigenvalue weighted by Crippen LogP contribution is 2.47. The molecule has 0 saturated heterocycles. The van der Waals surface area contributed by atoms with Gasteiger partial charge in [0.1, 0.15) is 22.3 Å². The Morgan fingerprint density at radius 3 is 1.14 bits per heavy atom. The highest BCUT2D eigenvalue weighted by molar-refractivity contribution is 6.29. The van der Waals surface area contributed by atoms with Crippen molar-refractivity contribution in [2.75, 3.05) is 4.90 Å². The molecule has 3 heteroatoms. The van der Waals surface area contributed by atoms with Gasteiger partial charge in [-0.3, -0.25) is 0 Å². The fourth-order valence-corrected chi connectivity index (χ4v) is 9.22. The second-order valence-electron chi connectivity index (χ2n) is 16.0. The van der Waals surface area contributed by atoms with Gasteiger partial charge < -0.3 is 13.7 Å². The van der Waals surface area contributed by atoms with Crippen LogP contribution in [0.2, 0.25) is 0 Å². The van der Waals surface area contributed by atoms with E-state index < -0.39 is 0 Å². The zero-order valence-corrected chi connectivity index (χ0v) is 34.3. The number of rotatable bonds is 8. The van der Waals surface area contributed by atoms with Crippen LogP contribution in [-0.2, 0) is 0 Å². The van der Waals surface area contributed by atoms with Crippen LogP contribution in [-0.4, -0.2) is 0 Å². The second-order valence-corrected chi connectivity index (χ2v) is 16.0. The van der Waals surface area contributed by atoms with E-state index in [0.717, 1.165) is 83.2 Å². The molecule has 0 aliphatic heterocycles. The summed E-state index contributed by atoms with van der Waals surface area (Å²) in [6.07, 6.45) is 0. The van der Waals surface area contributed by atoms with Crippen LogP contribution in [0.3, 0.4) is 0 Å². The van der Waals surface area contributed by atoms with Crippen molar-refractivity contribution in [3.05, 3.63) is 237 Å². The largest absolute Gasteiger partial charge is 0.456 e. The van der Waals surface area contributed by atoms with Crippen molar-refractivity contribution in [2.45, 2.75) is 0 Å². The van der Waals surface area contributed by atoms with Crippen molar-refractivity contribution in [1.82, 2.24) is 0 Å². The van der Waals surface area contributed by atoms with Crippen molar-refractivity contribution in [2.24, 2.45) is 0 Å². The lowest BCUT2D eigenvalue weighted by molar-refractivity contribution is 0.663. The summed E-state index contributed by atoms with van der Waals surface area (Å²) in [6.45, 7) is 0. The zero-order chi connectivity index (χ0) is 41.7. The van der Waals surface area contributed by atoms with Crippen LogP contribution >= 0.6 is 0 Å². The number of anilines is 3. The Balaban J connectivity index is 0.994. The van der Waals surface area contributed by atoms with Crippen LogP contribution < -0.4 is 4.90 Å². The Morgan fingerprint density at radius 2 is 0.619 bits per heavy atom. The van der Waals surface area contributed by atoms with Gasteiger partial charge in [0, 0.05) is 44.2 Å². The van der Waals surface area contributed by atoms with Gasteiger partial charge in [0.25, 0.3) is 0 Å². The standard InChI is InChI=1S/C60H39NO2/c1-4-12-40(13-5-1)43-20-22-46(23-21-43)51-36-37-52(60-58(51)59-56(63-60)39-38-55-57(59)53-18-10-11-19-54(53)62-55)47-28-34-50(35-29-47)61(48-30-24-44(25-31-48)41-14-6-2-7-15-41)49-32-26-45(27-33-49)42-16-8-3-9-17-42/h1-39H. The van der Waals surface area contributed by atoms with Gasteiger partial charge in [-0.2, -0.15) is 0 Å². The minimum atomic E-state index is 0.833. The van der Waals surface area contributed by atoms with Crippen LogP contribution in [0.1, 0.15) is 0 Å². The maximum Gasteiger partial charge on any atom is 0.143 e. The van der Waals surface area contributed by atoms with Crippen molar-refractivity contribution in [1.29, 1.82) is 0 Å². The monoisotopic (exact) mass is 805 g/mol. The van der Waals surface area contributed by atoms with E-state index in [1.165, 1.54) is 33.4 Å². The predicted molar refractivity (Wildman–Crippen MR) is 263 cm³/mol. The highest BCUT2D eigenvalue weighted by atomic mass is 16.3. The molecule has 63 heavy (non-hydrogen) atoms. The van der Waals surface area contributed by atoms with E-state index in [1.807, 2.05) is 18.2 Å². The molecule has 3 nitrogen and oxygen atoms in total. The SMILES string of the molecule is c1ccc(-c2ccc(-c3ccc(-c4ccc(N(c5ccc(-c6ccccc6)cc5)c5ccc(-c6ccccc6)cc5)cc4)c4oc5ccc6oc7ccccc7c6c5c34)cc2)cc1. The zero-order valence-electron chi connectivity index (χ0n) is 34.3. The Morgan fingerprint density at radius 1 is 0.238 bits per heavy atom. The normalized spacial score (nSPS) is 11.5. The predicted octanol–water partition coefficient (Wildman–Crippen LogP) is 17.3. The van der Waals surface area contributed by atoms with E-state index in [-0.39, 0.29) is 0 Å². The topological polar surface area (TPSA) is 29.5 Å². The summed E-state index contributed by atoms with van der Waals surface area (Å²) >= 11 is 0. The lowest BCUT2D eigenvalue weighted by Crippen LogP contribution is -2.09. The lowest BCUT2D eigenvalue weighted by atomic mass is 9.92. The van der Waals surface area contributed by atoms with Crippen LogP contribution in [0.4, 0.5) is 17.1 Å². The third-order valence-electron chi connectivity index (χ3n) is 12.3. The van der Waals surface area contributed by atoms with Crippen LogP contribution in [0, 0.1) is 0 Å². The molecule has 12 aromatic rings. The van der Waals surface area contributed by atoms with E-state index >= 15 is 0 Å². The van der Waals surface area contributed by atoms with Crippen LogP contribution in [0.5, 0.6) is 0 Å². The number of nitrogens with zero attached hydrogens (tertiary/aromatic N) is 1. The third-order valence-corrected chi connectivity index (χ3v) is 12.3. The first kappa shape index (κ1) is 36.5. The summed E-state index contributed by atoms with van der Waals surface area (Å²) in [4.78, 5) is 2.33. The number of fused-ring (bicyclic) bond motifs is 7. The Kier molecular flexibility index (Phi) is 8.83. The number of hydrogen-bond donors (Lipinski definition) is 0. The van der Waals surface area contributed by atoms with Crippen LogP contribution in [0.15, 0.2) is 245 Å². The summed E-state index contributed by atoms with van der Waals surface area (Å²) in [6, 6.07) is 83.9. The fourth-order valence-electron chi connectivity index (χ4n) is 9.22. The molecule has 10 aromatic carbocycles. The summed E-state index contributed by atoms with van der Waals surface area (Å²) in [5.41, 5.74) is 18.1. The summed E-state index contributed by atoms with van der Waals surface area (Å²) in [7, 11) is 0. The first-order chi connectivity index (χ1) is 31.2. The molecule has 12 rings (SSSR count). The van der Waals surface area contributed by atoms with Crippen molar-refractivity contribution >= 4 is 60.9 Å². The molecule has 296 valence electrons. The first-order valence-corrected chi connectivity index (χ1v) is 21.4. The first-order valence-electron chi connectivity index (χ1n) is 21.4. The second kappa shape index (κ2) is 15.3. The van der Waals surface area contributed by atoms with Crippen LogP contribution in [0.25, 0.3) is 99.5 Å². The number of hydrogen-bond acceptors (Lipinski definition) is 3. The van der Waals surface area contributed by atoms with Crippen molar-refractivity contribution < 1.29 is 8.83 Å². The Labute approximate surface area is 365 Å². The average Bonchev–Trinajstić information content (AvgIpc) is 3.95. The molecule has 0 aliphatic carbocycles. The molecule has 2 aromatic heterocycles. The van der Waals surface area contributed by atoms with Gasteiger partial charge in [-0.1, -0.05) is 176 Å². The molecule has 0 N–H and O–H groups in total. The lowest BCUT2D eigenvalue weighted by Gasteiger charge is -2.26. The highest BCUT2D eigenvalue weighted by Gasteiger charge is 2.22. The van der Waals surface area contributed by atoms with Gasteiger partial charge in [-0.25, -0.2) is 0 Å². The molecule has 0 unspecified atom stereocenters. The maximum atomic E-state index is 6.98. The smallest absolute Gasteiger partial charge is 0.143 e. The molecule has 0 amide bonds. The summed E-state index contributed by atoms with van der Waals surface area (Å²) < 4.78 is 13.4. The van der Waals surface area contributed by atoms with Gasteiger partial charge in [0.15, 0.2) is 0 Å². The fraction of sp³-hybridized carbons (Fsp3) is 0. The van der Waals surface area contributed by atoms with Gasteiger partial charge in [0.05, 0.1) is 0 Å². The molecular formula is C60H39NO2. The van der Waals surface area contributed by atoms with E-state index in [1.54, 1.807) is 0 Å². The van der Waals surface area contributed by atoms with Crippen molar-refractivity contribution in [3.63, 3.8) is 0 Å². The number of para-hydroxylation sites is 1. The van der Waals surface area contributed by atoms with E-state index in [0.29, 0.717) is 0 Å². The molecule has 0 fully saturated rings. The molecule has 0 bridgehead atoms. The molecule has 0 saturated carbocycles. The maximum absolute atomic E-state index is 6.98. The summed E-state index contributed by atoms with van der Waals surface area (Å²) in [5, 5.41) is 4.30. The minimum absolute atomic E-state index is 0.833. The average molecular weight is 806 g/mol. The van der Waals surface area contributed by atoms with E-state index in [4.69, 9.17) is 8.83 Å².